The monoisotopic (exact) mass is 468 g/mol. The topological polar surface area (TPSA) is 168 Å². The molecule has 0 saturated carbocycles. The van der Waals surface area contributed by atoms with Gasteiger partial charge >= 0.3 is 0 Å². The zero-order valence-corrected chi connectivity index (χ0v) is 21.0. The van der Waals surface area contributed by atoms with Crippen molar-refractivity contribution in [3.05, 3.63) is 36.4 Å². The van der Waals surface area contributed by atoms with E-state index < -0.39 is 14.1 Å². The van der Waals surface area contributed by atoms with Crippen LogP contribution in [0.15, 0.2) is 45.9 Å². The Labute approximate surface area is 189 Å². The number of hydrogen-bond donors (Lipinski definition) is 6. The number of fused-ring (bicyclic) bond motifs is 1. The molecule has 0 saturated heterocycles. The molecule has 0 aliphatic carbocycles. The summed E-state index contributed by atoms with van der Waals surface area (Å²) in [7, 11) is -5.90. The molecule has 0 aromatic heterocycles. The smallest absolute Gasteiger partial charge is 0.0989 e. The van der Waals surface area contributed by atoms with Gasteiger partial charge in [0, 0.05) is 5.39 Å². The van der Waals surface area contributed by atoms with Crippen molar-refractivity contribution in [1.82, 2.24) is 0 Å². The van der Waals surface area contributed by atoms with Gasteiger partial charge in [0.15, 0.2) is 0 Å². The van der Waals surface area contributed by atoms with E-state index in [0.29, 0.717) is 16.8 Å². The summed E-state index contributed by atoms with van der Waals surface area (Å²) in [6.07, 6.45) is 0. The number of hydrogen-bond acceptors (Lipinski definition) is 8. The van der Waals surface area contributed by atoms with Gasteiger partial charge in [-0.2, -0.15) is 0 Å². The Morgan fingerprint density at radius 2 is 0.812 bits per heavy atom. The maximum absolute atomic E-state index is 8.36. The summed E-state index contributed by atoms with van der Waals surface area (Å²) < 4.78 is 9.74. The maximum atomic E-state index is 8.36. The molecule has 0 radical (unpaired) electrons. The van der Waals surface area contributed by atoms with Crippen LogP contribution in [0.3, 0.4) is 0 Å². The van der Waals surface area contributed by atoms with E-state index >= 15 is 0 Å². The van der Waals surface area contributed by atoms with Crippen LogP contribution < -0.4 is 0 Å². The SMILES string of the molecule is CC(=N)P(=Nc1cccc2cccc(N=P(C(C)=N)(C(C)=N)C(C)=N)c12)(C(C)=N)C(C)=N. The Hall–Kier alpha value is -2.82. The average molecular weight is 468 g/mol. The molecule has 0 bridgehead atoms. The lowest BCUT2D eigenvalue weighted by molar-refractivity contribution is 1.48. The van der Waals surface area contributed by atoms with E-state index in [1.807, 2.05) is 24.3 Å². The lowest BCUT2D eigenvalue weighted by Crippen LogP contribution is -2.09. The molecule has 0 aliphatic rings. The summed E-state index contributed by atoms with van der Waals surface area (Å²) in [5, 5.41) is 51.7. The van der Waals surface area contributed by atoms with Crippen molar-refractivity contribution in [3.63, 3.8) is 0 Å². The highest BCUT2D eigenvalue weighted by Crippen LogP contribution is 2.58. The summed E-state index contributed by atoms with van der Waals surface area (Å²) in [5.41, 5.74) is 2.16. The highest BCUT2D eigenvalue weighted by Gasteiger charge is 2.30. The van der Waals surface area contributed by atoms with Gasteiger partial charge in [0.25, 0.3) is 0 Å². The molecule has 2 rings (SSSR count). The van der Waals surface area contributed by atoms with E-state index in [1.54, 1.807) is 53.7 Å². The zero-order chi connectivity index (χ0) is 24.4. The first kappa shape index (κ1) is 25.4. The van der Waals surface area contributed by atoms with Crippen LogP contribution in [0.5, 0.6) is 0 Å². The molecule has 32 heavy (non-hydrogen) atoms. The Morgan fingerprint density at radius 1 is 0.531 bits per heavy atom. The van der Waals surface area contributed by atoms with Crippen molar-refractivity contribution in [3.8, 4) is 0 Å². The maximum Gasteiger partial charge on any atom is 0.0989 e. The predicted molar refractivity (Wildman–Crippen MR) is 142 cm³/mol. The molecule has 0 aliphatic heterocycles. The fraction of sp³-hybridized carbons (Fsp3) is 0.273. The van der Waals surface area contributed by atoms with E-state index in [4.69, 9.17) is 41.9 Å². The van der Waals surface area contributed by atoms with Crippen LogP contribution in [0.2, 0.25) is 0 Å². The first-order valence-electron chi connectivity index (χ1n) is 9.93. The molecule has 0 fully saturated rings. The molecular weight excluding hydrogens is 438 g/mol. The van der Waals surface area contributed by atoms with E-state index in [2.05, 4.69) is 0 Å². The van der Waals surface area contributed by atoms with Crippen molar-refractivity contribution in [1.29, 1.82) is 32.5 Å². The molecular formula is C22H30N8P2. The van der Waals surface area contributed by atoms with Crippen molar-refractivity contribution in [2.75, 3.05) is 0 Å². The largest absolute Gasteiger partial charge is 0.303 e. The quantitative estimate of drug-likeness (QED) is 0.161. The predicted octanol–water partition coefficient (Wildman–Crippen LogP) is 8.49. The Bertz CT molecular complexity index is 1130. The second-order valence-corrected chi connectivity index (χ2v) is 14.6. The Kier molecular flexibility index (Phi) is 7.44. The molecule has 10 heteroatoms. The molecule has 0 atom stereocenters. The third-order valence-corrected chi connectivity index (χ3v) is 12.1. The minimum absolute atomic E-state index is 0.187. The molecule has 6 N–H and O–H groups in total. The summed E-state index contributed by atoms with van der Waals surface area (Å²) in [4.78, 5) is 0. The minimum atomic E-state index is -2.95. The van der Waals surface area contributed by atoms with Gasteiger partial charge in [-0.1, -0.05) is 24.3 Å². The third-order valence-electron chi connectivity index (χ3n) is 5.29. The highest BCUT2D eigenvalue weighted by molar-refractivity contribution is 8.09. The van der Waals surface area contributed by atoms with Gasteiger partial charge in [0.2, 0.25) is 0 Å². The van der Waals surface area contributed by atoms with Gasteiger partial charge in [-0.15, -0.1) is 0 Å². The van der Waals surface area contributed by atoms with Crippen LogP contribution in [0, 0.1) is 32.5 Å². The molecule has 0 unspecified atom stereocenters. The number of nitrogens with one attached hydrogen (secondary N) is 6. The number of rotatable bonds is 8. The Balaban J connectivity index is 3.16. The van der Waals surface area contributed by atoms with Crippen molar-refractivity contribution < 1.29 is 0 Å². The summed E-state index contributed by atoms with van der Waals surface area (Å²) in [6.45, 7) is 9.56. The number of benzene rings is 2. The van der Waals surface area contributed by atoms with Gasteiger partial charge < -0.3 is 32.5 Å². The molecule has 0 spiro atoms. The van der Waals surface area contributed by atoms with Crippen molar-refractivity contribution >= 4 is 69.0 Å². The average Bonchev–Trinajstić information content (AvgIpc) is 2.68. The van der Waals surface area contributed by atoms with E-state index in [9.17, 15) is 0 Å². The zero-order valence-electron chi connectivity index (χ0n) is 19.3. The molecule has 0 heterocycles. The van der Waals surface area contributed by atoms with Gasteiger partial charge in [-0.05, 0) is 59.1 Å². The summed E-state index contributed by atoms with van der Waals surface area (Å²) >= 11 is 0. The van der Waals surface area contributed by atoms with Crippen LogP contribution >= 0.6 is 14.1 Å². The van der Waals surface area contributed by atoms with E-state index in [0.717, 1.165) is 5.39 Å². The van der Waals surface area contributed by atoms with Crippen LogP contribution in [-0.2, 0) is 0 Å². The number of nitrogens with zero attached hydrogens (tertiary/aromatic N) is 2. The second-order valence-electron chi connectivity index (χ2n) is 7.64. The van der Waals surface area contributed by atoms with Crippen LogP contribution in [0.1, 0.15) is 41.5 Å². The van der Waals surface area contributed by atoms with Gasteiger partial charge in [0.05, 0.1) is 58.2 Å². The summed E-state index contributed by atoms with van der Waals surface area (Å²) in [5.74, 6) is 0. The van der Waals surface area contributed by atoms with Gasteiger partial charge in [-0.25, -0.2) is 9.49 Å². The second kappa shape index (κ2) is 9.35. The molecule has 2 aromatic rings. The minimum Gasteiger partial charge on any atom is -0.303 e. The molecule has 2 aromatic carbocycles. The molecule has 168 valence electrons. The highest BCUT2D eigenvalue weighted by atomic mass is 31.2. The first-order chi connectivity index (χ1) is 14.8. The van der Waals surface area contributed by atoms with Gasteiger partial charge in [0.1, 0.15) is 0 Å². The standard InChI is InChI=1S/C22H30N8P2/c1-13(23)31(14(2)24,15(3)25)29-20-11-7-9-19-10-8-12-21(22(19)20)30-32(16(4)26,17(5)27)18(6)28/h7-12,23-28H,1-6H3. The van der Waals surface area contributed by atoms with Gasteiger partial charge in [-0.3, -0.25) is 0 Å². The Morgan fingerprint density at radius 3 is 1.06 bits per heavy atom. The fourth-order valence-electron chi connectivity index (χ4n) is 3.75. The lowest BCUT2D eigenvalue weighted by atomic mass is 10.1. The van der Waals surface area contributed by atoms with Crippen molar-refractivity contribution in [2.45, 2.75) is 41.5 Å². The molecule has 8 nitrogen and oxygen atoms in total. The van der Waals surface area contributed by atoms with Crippen LogP contribution in [0.25, 0.3) is 10.8 Å². The van der Waals surface area contributed by atoms with Crippen molar-refractivity contribution in [2.24, 2.45) is 9.49 Å². The third kappa shape index (κ3) is 4.13. The van der Waals surface area contributed by atoms with E-state index in [1.165, 1.54) is 0 Å². The first-order valence-corrected chi connectivity index (χ1v) is 13.4. The normalized spacial score (nSPS) is 14.6. The van der Waals surface area contributed by atoms with E-state index in [-0.39, 0.29) is 32.7 Å². The molecule has 0 amide bonds. The lowest BCUT2D eigenvalue weighted by Gasteiger charge is -2.24. The summed E-state index contributed by atoms with van der Waals surface area (Å²) in [6, 6.07) is 11.1. The van der Waals surface area contributed by atoms with Crippen LogP contribution in [-0.4, -0.2) is 32.7 Å². The fourth-order valence-corrected chi connectivity index (χ4v) is 8.65. The van der Waals surface area contributed by atoms with Crippen LogP contribution in [0.4, 0.5) is 11.4 Å².